The minimum absolute atomic E-state index is 0.0643. The highest BCUT2D eigenvalue weighted by molar-refractivity contribution is 9.10. The normalized spacial score (nSPS) is 11.8. The zero-order valence-corrected chi connectivity index (χ0v) is 14.8. The summed E-state index contributed by atoms with van der Waals surface area (Å²) in [7, 11) is 0. The summed E-state index contributed by atoms with van der Waals surface area (Å²) in [6.07, 6.45) is 2.80. The van der Waals surface area contributed by atoms with E-state index in [2.05, 4.69) is 31.0 Å². The molecule has 0 unspecified atom stereocenters. The van der Waals surface area contributed by atoms with Gasteiger partial charge in [0.1, 0.15) is 23.1 Å². The van der Waals surface area contributed by atoms with Crippen LogP contribution in [0.2, 0.25) is 0 Å². The van der Waals surface area contributed by atoms with E-state index in [4.69, 9.17) is 0 Å². The molecule has 124 valence electrons. The molecule has 0 aliphatic rings. The number of aromatic hydroxyl groups is 1. The van der Waals surface area contributed by atoms with E-state index in [1.165, 1.54) is 12.5 Å². The van der Waals surface area contributed by atoms with Crippen molar-refractivity contribution in [1.29, 1.82) is 0 Å². The number of para-hydroxylation sites is 1. The van der Waals surface area contributed by atoms with Crippen molar-refractivity contribution >= 4 is 44.1 Å². The zero-order valence-electron chi connectivity index (χ0n) is 13.2. The van der Waals surface area contributed by atoms with Crippen LogP contribution in [0.15, 0.2) is 57.1 Å². The van der Waals surface area contributed by atoms with Crippen LogP contribution in [0.3, 0.4) is 0 Å². The van der Waals surface area contributed by atoms with Crippen molar-refractivity contribution in [2.45, 2.75) is 6.92 Å². The van der Waals surface area contributed by atoms with Crippen molar-refractivity contribution < 1.29 is 5.11 Å². The Kier molecular flexibility index (Phi) is 3.65. The van der Waals surface area contributed by atoms with E-state index >= 15 is 0 Å². The number of hydrogen-bond donors (Lipinski definition) is 2. The summed E-state index contributed by atoms with van der Waals surface area (Å²) in [5, 5.41) is 15.0. The number of phenols is 1. The molecule has 0 amide bonds. The largest absolute Gasteiger partial charge is 0.506 e. The number of fused-ring (bicyclic) bond motifs is 3. The maximum atomic E-state index is 12.7. The van der Waals surface area contributed by atoms with Crippen molar-refractivity contribution in [3.8, 4) is 5.75 Å². The zero-order chi connectivity index (χ0) is 17.6. The summed E-state index contributed by atoms with van der Waals surface area (Å²) >= 11 is 3.25. The number of hydrogen-bond acceptors (Lipinski definition) is 4. The van der Waals surface area contributed by atoms with Gasteiger partial charge >= 0.3 is 0 Å². The fourth-order valence-electron chi connectivity index (χ4n) is 2.70. The Morgan fingerprint density at radius 3 is 3.00 bits per heavy atom. The molecule has 2 N–H and O–H groups in total. The summed E-state index contributed by atoms with van der Waals surface area (Å²) in [5.74, 6) is 0.0643. The van der Waals surface area contributed by atoms with Crippen LogP contribution in [-0.4, -0.2) is 26.0 Å². The SMILES string of the molecule is Cc1ccc2[nH]c3c(=O)n(/N=C/c4cccc(Br)c4O)cnc3c2c1. The van der Waals surface area contributed by atoms with Crippen LogP contribution in [-0.2, 0) is 0 Å². The third-order valence-electron chi connectivity index (χ3n) is 3.98. The van der Waals surface area contributed by atoms with E-state index in [-0.39, 0.29) is 11.3 Å². The maximum Gasteiger partial charge on any atom is 0.298 e. The summed E-state index contributed by atoms with van der Waals surface area (Å²) in [6, 6.07) is 11.1. The third kappa shape index (κ3) is 2.62. The number of nitrogens with zero attached hydrogens (tertiary/aromatic N) is 3. The molecule has 4 aromatic rings. The van der Waals surface area contributed by atoms with E-state index in [0.717, 1.165) is 21.1 Å². The molecule has 0 radical (unpaired) electrons. The fraction of sp³-hybridized carbons (Fsp3) is 0.0556. The van der Waals surface area contributed by atoms with Crippen LogP contribution < -0.4 is 5.56 Å². The Morgan fingerprint density at radius 2 is 2.16 bits per heavy atom. The standard InChI is InChI=1S/C18H13BrN4O2/c1-10-5-6-14-12(7-10)15-16(22-14)18(25)23(9-20-15)21-8-11-3-2-4-13(19)17(11)24/h2-9,22,24H,1H3/b21-8+. The second kappa shape index (κ2) is 5.86. The highest BCUT2D eigenvalue weighted by Gasteiger charge is 2.11. The van der Waals surface area contributed by atoms with Crippen LogP contribution in [0.25, 0.3) is 21.9 Å². The Morgan fingerprint density at radius 1 is 1.32 bits per heavy atom. The van der Waals surface area contributed by atoms with Crippen LogP contribution in [0.1, 0.15) is 11.1 Å². The lowest BCUT2D eigenvalue weighted by Crippen LogP contribution is -2.17. The average molecular weight is 397 g/mol. The molecule has 0 atom stereocenters. The molecule has 2 heterocycles. The predicted molar refractivity (Wildman–Crippen MR) is 101 cm³/mol. The number of H-pyrrole nitrogens is 1. The molecule has 0 fully saturated rings. The molecule has 0 aliphatic heterocycles. The molecule has 0 saturated carbocycles. The molecule has 2 aromatic carbocycles. The van der Waals surface area contributed by atoms with Crippen LogP contribution >= 0.6 is 15.9 Å². The molecule has 6 nitrogen and oxygen atoms in total. The van der Waals surface area contributed by atoms with Crippen LogP contribution in [0.4, 0.5) is 0 Å². The van der Waals surface area contributed by atoms with E-state index < -0.39 is 0 Å². The number of benzene rings is 2. The minimum Gasteiger partial charge on any atom is -0.506 e. The van der Waals surface area contributed by atoms with Crippen molar-refractivity contribution in [3.63, 3.8) is 0 Å². The monoisotopic (exact) mass is 396 g/mol. The first-order chi connectivity index (χ1) is 12.0. The van der Waals surface area contributed by atoms with Gasteiger partial charge in [0, 0.05) is 16.5 Å². The first kappa shape index (κ1) is 15.6. The number of aryl methyl sites for hydroxylation is 1. The van der Waals surface area contributed by atoms with E-state index in [1.54, 1.807) is 18.2 Å². The summed E-state index contributed by atoms with van der Waals surface area (Å²) in [6.45, 7) is 1.99. The third-order valence-corrected chi connectivity index (χ3v) is 4.62. The number of nitrogens with one attached hydrogen (secondary N) is 1. The number of halogens is 1. The van der Waals surface area contributed by atoms with Crippen molar-refractivity contribution in [2.75, 3.05) is 0 Å². The predicted octanol–water partition coefficient (Wildman–Crippen LogP) is 3.54. The molecular formula is C18H13BrN4O2. The van der Waals surface area contributed by atoms with Gasteiger partial charge in [-0.3, -0.25) is 4.79 Å². The van der Waals surface area contributed by atoms with Gasteiger partial charge in [0.25, 0.3) is 5.56 Å². The van der Waals surface area contributed by atoms with Crippen LogP contribution in [0.5, 0.6) is 5.75 Å². The summed E-state index contributed by atoms with van der Waals surface area (Å²) in [5.41, 5.74) is 3.18. The summed E-state index contributed by atoms with van der Waals surface area (Å²) in [4.78, 5) is 20.1. The van der Waals surface area contributed by atoms with Gasteiger partial charge in [-0.25, -0.2) is 4.98 Å². The molecule has 0 bridgehead atoms. The van der Waals surface area contributed by atoms with Gasteiger partial charge in [-0.15, -0.1) is 0 Å². The molecule has 2 aromatic heterocycles. The highest BCUT2D eigenvalue weighted by atomic mass is 79.9. The first-order valence-corrected chi connectivity index (χ1v) is 8.35. The second-order valence-electron chi connectivity index (χ2n) is 5.71. The molecule has 25 heavy (non-hydrogen) atoms. The Hall–Kier alpha value is -2.93. The van der Waals surface area contributed by atoms with Crippen molar-refractivity contribution in [3.05, 3.63) is 68.7 Å². The lowest BCUT2D eigenvalue weighted by Gasteiger charge is -2.01. The Labute approximate surface area is 150 Å². The molecule has 0 aliphatic carbocycles. The number of aromatic nitrogens is 3. The average Bonchev–Trinajstić information content (AvgIpc) is 2.96. The summed E-state index contributed by atoms with van der Waals surface area (Å²) < 4.78 is 1.70. The van der Waals surface area contributed by atoms with E-state index in [9.17, 15) is 9.90 Å². The molecule has 0 spiro atoms. The number of phenolic OH excluding ortho intramolecular Hbond substituents is 1. The Bertz CT molecular complexity index is 1210. The van der Waals surface area contributed by atoms with Gasteiger partial charge < -0.3 is 10.1 Å². The number of aromatic amines is 1. The molecule has 0 saturated heterocycles. The molecule has 4 rings (SSSR count). The first-order valence-electron chi connectivity index (χ1n) is 7.56. The fourth-order valence-corrected chi connectivity index (χ4v) is 3.08. The van der Waals surface area contributed by atoms with E-state index in [1.807, 2.05) is 25.1 Å². The van der Waals surface area contributed by atoms with Crippen molar-refractivity contribution in [1.82, 2.24) is 14.6 Å². The van der Waals surface area contributed by atoms with Gasteiger partial charge in [0.2, 0.25) is 0 Å². The number of rotatable bonds is 2. The van der Waals surface area contributed by atoms with Crippen LogP contribution in [0, 0.1) is 6.92 Å². The smallest absolute Gasteiger partial charge is 0.298 e. The topological polar surface area (TPSA) is 83.3 Å². The maximum absolute atomic E-state index is 12.7. The van der Waals surface area contributed by atoms with Gasteiger partial charge in [0.15, 0.2) is 0 Å². The van der Waals surface area contributed by atoms with Gasteiger partial charge in [0.05, 0.1) is 10.7 Å². The van der Waals surface area contributed by atoms with E-state index in [0.29, 0.717) is 21.1 Å². The quantitative estimate of drug-likeness (QED) is 0.508. The van der Waals surface area contributed by atoms with Gasteiger partial charge in [-0.05, 0) is 47.1 Å². The van der Waals surface area contributed by atoms with Gasteiger partial charge in [-0.1, -0.05) is 17.7 Å². The Balaban J connectivity index is 1.85. The van der Waals surface area contributed by atoms with Gasteiger partial charge in [-0.2, -0.15) is 9.78 Å². The minimum atomic E-state index is -0.301. The highest BCUT2D eigenvalue weighted by Crippen LogP contribution is 2.26. The second-order valence-corrected chi connectivity index (χ2v) is 6.57. The molecule has 7 heteroatoms. The molecular weight excluding hydrogens is 384 g/mol. The lowest BCUT2D eigenvalue weighted by atomic mass is 10.2. The lowest BCUT2D eigenvalue weighted by molar-refractivity contribution is 0.471. The van der Waals surface area contributed by atoms with Crippen molar-refractivity contribution in [2.24, 2.45) is 5.10 Å².